The van der Waals surface area contributed by atoms with E-state index >= 15 is 0 Å². The maximum Gasteiger partial charge on any atom is 0.126 e. The summed E-state index contributed by atoms with van der Waals surface area (Å²) in [6.45, 7) is 0. The number of ether oxygens (including phenoxy) is 1. The fourth-order valence-electron chi connectivity index (χ4n) is 2.78. The Morgan fingerprint density at radius 3 is 2.65 bits per heavy atom. The van der Waals surface area contributed by atoms with Gasteiger partial charge in [0.05, 0.1) is 0 Å². The summed E-state index contributed by atoms with van der Waals surface area (Å²) in [7, 11) is 0. The zero-order valence-corrected chi connectivity index (χ0v) is 11.8. The van der Waals surface area contributed by atoms with E-state index in [0.29, 0.717) is 11.4 Å². The predicted octanol–water partition coefficient (Wildman–Crippen LogP) is 4.54. The molecule has 3 heteroatoms. The summed E-state index contributed by atoms with van der Waals surface area (Å²) in [5.74, 6) is 1.14. The molecule has 0 radical (unpaired) electrons. The molecule has 0 N–H and O–H groups in total. The Bertz CT molecular complexity index is 574. The normalized spacial score (nSPS) is 18.4. The van der Waals surface area contributed by atoms with Crippen molar-refractivity contribution in [3.63, 3.8) is 0 Å². The second kappa shape index (κ2) is 5.84. The predicted molar refractivity (Wildman–Crippen MR) is 79.0 cm³/mol. The van der Waals surface area contributed by atoms with Crippen molar-refractivity contribution < 1.29 is 9.13 Å². The van der Waals surface area contributed by atoms with Crippen molar-refractivity contribution in [1.82, 2.24) is 0 Å². The van der Waals surface area contributed by atoms with Crippen molar-refractivity contribution in [3.05, 3.63) is 65.5 Å². The second-order valence-corrected chi connectivity index (χ2v) is 5.47. The molecule has 0 aliphatic carbocycles. The molecule has 0 amide bonds. The molecule has 0 spiro atoms. The fraction of sp³-hybridized carbons (Fsp3) is 0.294. The Labute approximate surface area is 123 Å². The molecule has 0 saturated heterocycles. The van der Waals surface area contributed by atoms with Gasteiger partial charge in [-0.25, -0.2) is 4.39 Å². The smallest absolute Gasteiger partial charge is 0.126 e. The van der Waals surface area contributed by atoms with E-state index < -0.39 is 0 Å². The van der Waals surface area contributed by atoms with E-state index in [-0.39, 0.29) is 17.8 Å². The van der Waals surface area contributed by atoms with Gasteiger partial charge in [-0.15, -0.1) is 11.6 Å². The summed E-state index contributed by atoms with van der Waals surface area (Å²) in [5.41, 5.74) is 1.90. The van der Waals surface area contributed by atoms with Gasteiger partial charge >= 0.3 is 0 Å². The molecule has 2 atom stereocenters. The molecule has 1 aliphatic heterocycles. The third-order valence-corrected chi connectivity index (χ3v) is 4.17. The number of benzene rings is 2. The largest absolute Gasteiger partial charge is 0.490 e. The van der Waals surface area contributed by atoms with Crippen LogP contribution < -0.4 is 4.74 Å². The molecule has 1 aliphatic rings. The van der Waals surface area contributed by atoms with Crippen LogP contribution in [0.15, 0.2) is 48.5 Å². The first kappa shape index (κ1) is 13.4. The van der Waals surface area contributed by atoms with Crippen molar-refractivity contribution in [2.75, 3.05) is 5.88 Å². The van der Waals surface area contributed by atoms with E-state index in [0.717, 1.165) is 18.6 Å². The van der Waals surface area contributed by atoms with Crippen molar-refractivity contribution >= 4 is 11.6 Å². The van der Waals surface area contributed by atoms with Gasteiger partial charge in [0.2, 0.25) is 0 Å². The lowest BCUT2D eigenvalue weighted by Gasteiger charge is -2.19. The molecule has 1 nitrogen and oxygen atoms in total. The fourth-order valence-corrected chi connectivity index (χ4v) is 3.07. The lowest BCUT2D eigenvalue weighted by molar-refractivity contribution is 0.212. The van der Waals surface area contributed by atoms with Crippen LogP contribution in [0, 0.1) is 5.82 Å². The average Bonchev–Trinajstić information content (AvgIpc) is 2.88. The van der Waals surface area contributed by atoms with Gasteiger partial charge in [0.15, 0.2) is 0 Å². The summed E-state index contributed by atoms with van der Waals surface area (Å²) in [6.07, 6.45) is 1.69. The molecule has 2 unspecified atom stereocenters. The monoisotopic (exact) mass is 290 g/mol. The molecule has 1 heterocycles. The van der Waals surface area contributed by atoms with Crippen LogP contribution in [0.5, 0.6) is 5.75 Å². The summed E-state index contributed by atoms with van der Waals surface area (Å²) in [5, 5.41) is 0. The quantitative estimate of drug-likeness (QED) is 0.751. The van der Waals surface area contributed by atoms with Crippen molar-refractivity contribution in [2.45, 2.75) is 24.9 Å². The highest BCUT2D eigenvalue weighted by atomic mass is 35.5. The Kier molecular flexibility index (Phi) is 3.93. The van der Waals surface area contributed by atoms with Crippen molar-refractivity contribution in [2.24, 2.45) is 0 Å². The highest BCUT2D eigenvalue weighted by Crippen LogP contribution is 2.34. The molecular weight excluding hydrogens is 275 g/mol. The van der Waals surface area contributed by atoms with Crippen LogP contribution >= 0.6 is 11.6 Å². The molecule has 0 bridgehead atoms. The van der Waals surface area contributed by atoms with Gasteiger partial charge in [-0.05, 0) is 29.7 Å². The second-order valence-electron chi connectivity index (χ2n) is 5.16. The van der Waals surface area contributed by atoms with Gasteiger partial charge < -0.3 is 4.74 Å². The number of para-hydroxylation sites is 1. The van der Waals surface area contributed by atoms with Crippen LogP contribution in [-0.2, 0) is 6.42 Å². The minimum atomic E-state index is -0.186. The third kappa shape index (κ3) is 2.66. The molecule has 104 valence electrons. The first-order valence-electron chi connectivity index (χ1n) is 6.83. The molecule has 0 saturated carbocycles. The summed E-state index contributed by atoms with van der Waals surface area (Å²) < 4.78 is 19.8. The van der Waals surface area contributed by atoms with Gasteiger partial charge in [0, 0.05) is 18.2 Å². The van der Waals surface area contributed by atoms with Crippen LogP contribution in [0.3, 0.4) is 0 Å². The molecular formula is C17H16ClFO. The number of alkyl halides is 1. The van der Waals surface area contributed by atoms with E-state index in [9.17, 15) is 4.39 Å². The van der Waals surface area contributed by atoms with Crippen LogP contribution in [0.25, 0.3) is 0 Å². The van der Waals surface area contributed by atoms with E-state index in [1.54, 1.807) is 6.07 Å². The number of rotatable bonds is 4. The van der Waals surface area contributed by atoms with Gasteiger partial charge in [0.25, 0.3) is 0 Å². The lowest BCUT2D eigenvalue weighted by Crippen LogP contribution is -2.19. The first-order valence-corrected chi connectivity index (χ1v) is 7.36. The van der Waals surface area contributed by atoms with E-state index in [1.165, 1.54) is 11.6 Å². The first-order chi connectivity index (χ1) is 9.78. The summed E-state index contributed by atoms with van der Waals surface area (Å²) in [4.78, 5) is 0. The summed E-state index contributed by atoms with van der Waals surface area (Å²) in [6, 6.07) is 14.9. The average molecular weight is 291 g/mol. The zero-order chi connectivity index (χ0) is 13.9. The SMILES string of the molecule is Fc1ccccc1C(CCl)CC1Cc2ccccc2O1. The van der Waals surface area contributed by atoms with E-state index in [2.05, 4.69) is 6.07 Å². The highest BCUT2D eigenvalue weighted by Gasteiger charge is 2.26. The van der Waals surface area contributed by atoms with Crippen LogP contribution in [-0.4, -0.2) is 12.0 Å². The van der Waals surface area contributed by atoms with Gasteiger partial charge in [0.1, 0.15) is 17.7 Å². The molecule has 0 aromatic heterocycles. The Morgan fingerprint density at radius 2 is 1.90 bits per heavy atom. The molecule has 3 rings (SSSR count). The molecule has 2 aromatic carbocycles. The number of hydrogen-bond acceptors (Lipinski definition) is 1. The van der Waals surface area contributed by atoms with Crippen LogP contribution in [0.2, 0.25) is 0 Å². The molecule has 0 fully saturated rings. The minimum Gasteiger partial charge on any atom is -0.490 e. The van der Waals surface area contributed by atoms with Crippen molar-refractivity contribution in [1.29, 1.82) is 0 Å². The summed E-state index contributed by atoms with van der Waals surface area (Å²) >= 11 is 6.04. The van der Waals surface area contributed by atoms with E-state index in [4.69, 9.17) is 16.3 Å². The number of fused-ring (bicyclic) bond motifs is 1. The maximum absolute atomic E-state index is 13.9. The van der Waals surface area contributed by atoms with Crippen molar-refractivity contribution in [3.8, 4) is 5.75 Å². The maximum atomic E-state index is 13.9. The zero-order valence-electron chi connectivity index (χ0n) is 11.1. The van der Waals surface area contributed by atoms with Crippen LogP contribution in [0.4, 0.5) is 4.39 Å². The topological polar surface area (TPSA) is 9.23 Å². The Balaban J connectivity index is 1.73. The van der Waals surface area contributed by atoms with Gasteiger partial charge in [-0.2, -0.15) is 0 Å². The van der Waals surface area contributed by atoms with Gasteiger partial charge in [-0.3, -0.25) is 0 Å². The highest BCUT2D eigenvalue weighted by molar-refractivity contribution is 6.18. The Morgan fingerprint density at radius 1 is 1.15 bits per heavy atom. The van der Waals surface area contributed by atoms with Crippen LogP contribution in [0.1, 0.15) is 23.5 Å². The molecule has 20 heavy (non-hydrogen) atoms. The lowest BCUT2D eigenvalue weighted by atomic mass is 9.93. The van der Waals surface area contributed by atoms with E-state index in [1.807, 2.05) is 30.3 Å². The number of halogens is 2. The standard InChI is InChI=1S/C17H16ClFO/c18-11-13(15-6-2-3-7-16(15)19)10-14-9-12-5-1-4-8-17(12)20-14/h1-8,13-14H,9-11H2. The van der Waals surface area contributed by atoms with Gasteiger partial charge in [-0.1, -0.05) is 36.4 Å². The Hall–Kier alpha value is -1.54. The number of hydrogen-bond donors (Lipinski definition) is 0. The molecule has 2 aromatic rings. The third-order valence-electron chi connectivity index (χ3n) is 3.79. The minimum absolute atomic E-state index is 0.0165.